The van der Waals surface area contributed by atoms with E-state index in [-0.39, 0.29) is 0 Å². The molecule has 2 nitrogen and oxygen atoms in total. The summed E-state index contributed by atoms with van der Waals surface area (Å²) in [6, 6.07) is 16.9. The fourth-order valence-corrected chi connectivity index (χ4v) is 2.24. The van der Waals surface area contributed by atoms with E-state index in [1.165, 1.54) is 22.5 Å². The van der Waals surface area contributed by atoms with Crippen molar-refractivity contribution in [1.29, 1.82) is 0 Å². The number of nitrogens with zero attached hydrogens (tertiary/aromatic N) is 1. The molecule has 1 N–H and O–H groups in total. The minimum absolute atomic E-state index is 0.940. The van der Waals surface area contributed by atoms with E-state index in [4.69, 9.17) is 0 Å². The monoisotopic (exact) mass is 254 g/mol. The Kier molecular flexibility index (Phi) is 4.45. The molecular formula is C17H22N2. The van der Waals surface area contributed by atoms with E-state index in [0.29, 0.717) is 0 Å². The van der Waals surface area contributed by atoms with Gasteiger partial charge in [-0.2, -0.15) is 0 Å². The SMILES string of the molecule is Cc1ccccc1NCCN(C)c1ccccc1C. The molecule has 2 aromatic carbocycles. The van der Waals surface area contributed by atoms with Crippen molar-refractivity contribution in [1.82, 2.24) is 0 Å². The lowest BCUT2D eigenvalue weighted by atomic mass is 10.2. The van der Waals surface area contributed by atoms with Gasteiger partial charge < -0.3 is 10.2 Å². The second-order valence-electron chi connectivity index (χ2n) is 4.95. The number of anilines is 2. The molecule has 2 rings (SSSR count). The zero-order valence-corrected chi connectivity index (χ0v) is 12.0. The van der Waals surface area contributed by atoms with Crippen molar-refractivity contribution >= 4 is 11.4 Å². The topological polar surface area (TPSA) is 15.3 Å². The maximum absolute atomic E-state index is 3.49. The third kappa shape index (κ3) is 3.50. The van der Waals surface area contributed by atoms with Gasteiger partial charge in [0.15, 0.2) is 0 Å². The van der Waals surface area contributed by atoms with E-state index in [1.54, 1.807) is 0 Å². The Morgan fingerprint density at radius 3 is 2.21 bits per heavy atom. The van der Waals surface area contributed by atoms with Crippen molar-refractivity contribution < 1.29 is 0 Å². The van der Waals surface area contributed by atoms with E-state index in [1.807, 2.05) is 0 Å². The summed E-state index contributed by atoms with van der Waals surface area (Å²) in [4.78, 5) is 2.29. The molecule has 0 aliphatic carbocycles. The standard InChI is InChI=1S/C17H22N2/c1-14-8-4-6-10-16(14)18-12-13-19(3)17-11-7-5-9-15(17)2/h4-11,18H,12-13H2,1-3H3. The molecule has 2 heteroatoms. The zero-order chi connectivity index (χ0) is 13.7. The van der Waals surface area contributed by atoms with Gasteiger partial charge in [-0.1, -0.05) is 36.4 Å². The van der Waals surface area contributed by atoms with Gasteiger partial charge in [0.25, 0.3) is 0 Å². The summed E-state index contributed by atoms with van der Waals surface area (Å²) in [7, 11) is 2.14. The van der Waals surface area contributed by atoms with Crippen molar-refractivity contribution in [3.63, 3.8) is 0 Å². The third-order valence-corrected chi connectivity index (χ3v) is 3.43. The summed E-state index contributed by atoms with van der Waals surface area (Å²) in [5.74, 6) is 0. The molecule has 0 fully saturated rings. The minimum Gasteiger partial charge on any atom is -0.383 e. The molecule has 2 aromatic rings. The first-order chi connectivity index (χ1) is 9.18. The lowest BCUT2D eigenvalue weighted by Crippen LogP contribution is -2.25. The third-order valence-electron chi connectivity index (χ3n) is 3.43. The molecule has 0 aliphatic rings. The van der Waals surface area contributed by atoms with Crippen LogP contribution in [-0.4, -0.2) is 20.1 Å². The number of benzene rings is 2. The Morgan fingerprint density at radius 1 is 0.895 bits per heavy atom. The van der Waals surface area contributed by atoms with E-state index in [2.05, 4.69) is 79.6 Å². The van der Waals surface area contributed by atoms with Crippen LogP contribution in [0.25, 0.3) is 0 Å². The molecule has 100 valence electrons. The molecule has 0 saturated carbocycles. The molecular weight excluding hydrogens is 232 g/mol. The van der Waals surface area contributed by atoms with E-state index in [0.717, 1.165) is 13.1 Å². The first kappa shape index (κ1) is 13.5. The molecule has 0 spiro atoms. The van der Waals surface area contributed by atoms with Crippen LogP contribution in [0.3, 0.4) is 0 Å². The Balaban J connectivity index is 1.90. The zero-order valence-electron chi connectivity index (χ0n) is 12.0. The van der Waals surface area contributed by atoms with Crippen LogP contribution in [0.1, 0.15) is 11.1 Å². The van der Waals surface area contributed by atoms with E-state index in [9.17, 15) is 0 Å². The van der Waals surface area contributed by atoms with Gasteiger partial charge in [-0.25, -0.2) is 0 Å². The maximum atomic E-state index is 3.49. The normalized spacial score (nSPS) is 10.3. The Labute approximate surface area is 116 Å². The van der Waals surface area contributed by atoms with Crippen molar-refractivity contribution in [3.8, 4) is 0 Å². The van der Waals surface area contributed by atoms with Gasteiger partial charge in [0.05, 0.1) is 0 Å². The van der Waals surface area contributed by atoms with Gasteiger partial charge in [0, 0.05) is 31.5 Å². The summed E-state index contributed by atoms with van der Waals surface area (Å²) in [6.07, 6.45) is 0. The van der Waals surface area contributed by atoms with Crippen LogP contribution in [0, 0.1) is 13.8 Å². The van der Waals surface area contributed by atoms with Gasteiger partial charge in [-0.15, -0.1) is 0 Å². The van der Waals surface area contributed by atoms with Crippen LogP contribution in [0.5, 0.6) is 0 Å². The molecule has 0 heterocycles. The molecule has 0 aromatic heterocycles. The highest BCUT2D eigenvalue weighted by atomic mass is 15.1. The number of hydrogen-bond donors (Lipinski definition) is 1. The average molecular weight is 254 g/mol. The number of likely N-dealkylation sites (N-methyl/N-ethyl adjacent to an activating group) is 1. The molecule has 0 atom stereocenters. The van der Waals surface area contributed by atoms with Gasteiger partial charge in [0.2, 0.25) is 0 Å². The van der Waals surface area contributed by atoms with E-state index >= 15 is 0 Å². The summed E-state index contributed by atoms with van der Waals surface area (Å²) >= 11 is 0. The fraction of sp³-hybridized carbons (Fsp3) is 0.294. The number of aryl methyl sites for hydroxylation is 2. The smallest absolute Gasteiger partial charge is 0.0393 e. The molecule has 0 aliphatic heterocycles. The van der Waals surface area contributed by atoms with Crippen molar-refractivity contribution in [2.45, 2.75) is 13.8 Å². The number of nitrogens with one attached hydrogen (secondary N) is 1. The number of rotatable bonds is 5. The highest BCUT2D eigenvalue weighted by molar-refractivity contribution is 5.53. The quantitative estimate of drug-likeness (QED) is 0.871. The largest absolute Gasteiger partial charge is 0.383 e. The van der Waals surface area contributed by atoms with Crippen LogP contribution in [-0.2, 0) is 0 Å². The Bertz CT molecular complexity index is 534. The summed E-state index contributed by atoms with van der Waals surface area (Å²) in [5, 5.41) is 3.49. The summed E-state index contributed by atoms with van der Waals surface area (Å²) < 4.78 is 0. The fourth-order valence-electron chi connectivity index (χ4n) is 2.24. The summed E-state index contributed by atoms with van der Waals surface area (Å²) in [6.45, 7) is 6.21. The molecule has 0 amide bonds. The highest BCUT2D eigenvalue weighted by Crippen LogP contribution is 2.17. The van der Waals surface area contributed by atoms with Gasteiger partial charge in [0.1, 0.15) is 0 Å². The van der Waals surface area contributed by atoms with Crippen LogP contribution in [0.4, 0.5) is 11.4 Å². The van der Waals surface area contributed by atoms with Crippen LogP contribution >= 0.6 is 0 Å². The first-order valence-electron chi connectivity index (χ1n) is 6.75. The van der Waals surface area contributed by atoms with Crippen molar-refractivity contribution in [3.05, 3.63) is 59.7 Å². The minimum atomic E-state index is 0.940. The van der Waals surface area contributed by atoms with Gasteiger partial charge in [-0.05, 0) is 37.1 Å². The van der Waals surface area contributed by atoms with Crippen molar-refractivity contribution in [2.75, 3.05) is 30.4 Å². The number of para-hydroxylation sites is 2. The first-order valence-corrected chi connectivity index (χ1v) is 6.75. The van der Waals surface area contributed by atoms with Crippen LogP contribution < -0.4 is 10.2 Å². The van der Waals surface area contributed by atoms with E-state index < -0.39 is 0 Å². The molecule has 0 unspecified atom stereocenters. The van der Waals surface area contributed by atoms with Crippen LogP contribution in [0.2, 0.25) is 0 Å². The number of hydrogen-bond acceptors (Lipinski definition) is 2. The molecule has 0 saturated heterocycles. The molecule has 19 heavy (non-hydrogen) atoms. The Hall–Kier alpha value is -1.96. The maximum Gasteiger partial charge on any atom is 0.0393 e. The predicted octanol–water partition coefficient (Wildman–Crippen LogP) is 3.85. The van der Waals surface area contributed by atoms with Crippen LogP contribution in [0.15, 0.2) is 48.5 Å². The summed E-state index contributed by atoms with van der Waals surface area (Å²) in [5.41, 5.74) is 5.14. The highest BCUT2D eigenvalue weighted by Gasteiger charge is 2.03. The van der Waals surface area contributed by atoms with Crippen molar-refractivity contribution in [2.24, 2.45) is 0 Å². The lowest BCUT2D eigenvalue weighted by Gasteiger charge is -2.22. The molecule has 0 bridgehead atoms. The average Bonchev–Trinajstić information content (AvgIpc) is 2.41. The Morgan fingerprint density at radius 2 is 1.53 bits per heavy atom. The lowest BCUT2D eigenvalue weighted by molar-refractivity contribution is 0.909. The second-order valence-corrected chi connectivity index (χ2v) is 4.95. The van der Waals surface area contributed by atoms with Gasteiger partial charge >= 0.3 is 0 Å². The molecule has 0 radical (unpaired) electrons. The van der Waals surface area contributed by atoms with Gasteiger partial charge in [-0.3, -0.25) is 0 Å². The second kappa shape index (κ2) is 6.28. The predicted molar refractivity (Wildman–Crippen MR) is 84.1 cm³/mol.